The highest BCUT2D eigenvalue weighted by atomic mass is 19.4. The quantitative estimate of drug-likeness (QED) is 0.829. The second-order valence-corrected chi connectivity index (χ2v) is 3.51. The van der Waals surface area contributed by atoms with Gasteiger partial charge in [-0.25, -0.2) is 0 Å². The van der Waals surface area contributed by atoms with Crippen LogP contribution in [0.3, 0.4) is 0 Å². The third kappa shape index (κ3) is 5.96. The Hall–Kier alpha value is -1.50. The number of carbonyl (C=O) groups excluding carboxylic acids is 1. The van der Waals surface area contributed by atoms with Gasteiger partial charge in [-0.15, -0.1) is 0 Å². The van der Waals surface area contributed by atoms with E-state index in [2.05, 4.69) is 5.32 Å². The van der Waals surface area contributed by atoms with Crippen LogP contribution in [-0.2, 0) is 11.3 Å². The van der Waals surface area contributed by atoms with E-state index in [0.29, 0.717) is 11.5 Å². The molecule has 1 heterocycles. The monoisotopic (exact) mass is 250 g/mol. The van der Waals surface area contributed by atoms with Gasteiger partial charge in [-0.2, -0.15) is 13.2 Å². The zero-order chi connectivity index (χ0) is 12.9. The van der Waals surface area contributed by atoms with E-state index in [0.717, 1.165) is 0 Å². The summed E-state index contributed by atoms with van der Waals surface area (Å²) in [4.78, 5) is 11.1. The van der Waals surface area contributed by atoms with E-state index < -0.39 is 18.6 Å². The molecule has 0 saturated heterocycles. The maximum absolute atomic E-state index is 11.8. The molecule has 0 fully saturated rings. The molecule has 0 aliphatic rings. The SMILES string of the molecule is Cc1ccc(CNC(=O)CNCC(F)(F)F)o1. The number of amides is 1. The number of nitrogens with one attached hydrogen (secondary N) is 2. The maximum atomic E-state index is 11.8. The van der Waals surface area contributed by atoms with Crippen molar-refractivity contribution in [3.8, 4) is 0 Å². The van der Waals surface area contributed by atoms with Gasteiger partial charge in [0, 0.05) is 0 Å². The van der Waals surface area contributed by atoms with Crippen molar-refractivity contribution in [2.24, 2.45) is 0 Å². The average Bonchev–Trinajstić information content (AvgIpc) is 2.59. The Morgan fingerprint density at radius 1 is 1.41 bits per heavy atom. The van der Waals surface area contributed by atoms with Gasteiger partial charge >= 0.3 is 6.18 Å². The summed E-state index contributed by atoms with van der Waals surface area (Å²) in [5.74, 6) is 0.763. The first kappa shape index (κ1) is 13.6. The van der Waals surface area contributed by atoms with Gasteiger partial charge in [0.05, 0.1) is 19.6 Å². The van der Waals surface area contributed by atoms with Gasteiger partial charge in [0.15, 0.2) is 0 Å². The lowest BCUT2D eigenvalue weighted by Crippen LogP contribution is -2.37. The fourth-order valence-corrected chi connectivity index (χ4v) is 1.15. The molecule has 2 N–H and O–H groups in total. The van der Waals surface area contributed by atoms with E-state index in [1.807, 2.05) is 5.32 Å². The summed E-state index contributed by atoms with van der Waals surface area (Å²) in [6, 6.07) is 3.43. The standard InChI is InChI=1S/C10H13F3N2O2/c1-7-2-3-8(17-7)4-15-9(16)5-14-6-10(11,12)13/h2-3,14H,4-6H2,1H3,(H,15,16). The van der Waals surface area contributed by atoms with Crippen molar-refractivity contribution in [3.05, 3.63) is 23.7 Å². The molecule has 0 atom stereocenters. The van der Waals surface area contributed by atoms with E-state index in [4.69, 9.17) is 4.42 Å². The third-order valence-electron chi connectivity index (χ3n) is 1.87. The van der Waals surface area contributed by atoms with Crippen molar-refractivity contribution in [3.63, 3.8) is 0 Å². The lowest BCUT2D eigenvalue weighted by Gasteiger charge is -2.08. The van der Waals surface area contributed by atoms with Crippen molar-refractivity contribution in [2.45, 2.75) is 19.6 Å². The first-order valence-electron chi connectivity index (χ1n) is 4.96. The summed E-state index contributed by atoms with van der Waals surface area (Å²) in [6.07, 6.45) is -4.31. The van der Waals surface area contributed by atoms with Crippen molar-refractivity contribution in [2.75, 3.05) is 13.1 Å². The van der Waals surface area contributed by atoms with Crippen LogP contribution in [0.2, 0.25) is 0 Å². The Morgan fingerprint density at radius 2 is 2.12 bits per heavy atom. The second kappa shape index (κ2) is 5.72. The predicted octanol–water partition coefficient (Wildman–Crippen LogP) is 1.36. The Morgan fingerprint density at radius 3 is 2.65 bits per heavy atom. The molecule has 0 unspecified atom stereocenters. The minimum absolute atomic E-state index is 0.167. The Labute approximate surface area is 96.2 Å². The highest BCUT2D eigenvalue weighted by Gasteiger charge is 2.26. The molecule has 96 valence electrons. The molecule has 0 saturated carbocycles. The maximum Gasteiger partial charge on any atom is 0.401 e. The van der Waals surface area contributed by atoms with Gasteiger partial charge in [0.1, 0.15) is 11.5 Å². The Bertz CT molecular complexity index is 374. The van der Waals surface area contributed by atoms with Crippen molar-refractivity contribution in [1.82, 2.24) is 10.6 Å². The molecule has 1 aromatic heterocycles. The summed E-state index contributed by atoms with van der Waals surface area (Å²) >= 11 is 0. The first-order chi connectivity index (χ1) is 7.87. The zero-order valence-electron chi connectivity index (χ0n) is 9.23. The van der Waals surface area contributed by atoms with Crippen LogP contribution in [0.1, 0.15) is 11.5 Å². The Balaban J connectivity index is 2.18. The number of furan rings is 1. The van der Waals surface area contributed by atoms with Crippen LogP contribution in [0.15, 0.2) is 16.5 Å². The number of aryl methyl sites for hydroxylation is 1. The van der Waals surface area contributed by atoms with Gasteiger partial charge in [-0.05, 0) is 19.1 Å². The smallest absolute Gasteiger partial charge is 0.401 e. The largest absolute Gasteiger partial charge is 0.465 e. The average molecular weight is 250 g/mol. The molecule has 0 aromatic carbocycles. The van der Waals surface area contributed by atoms with Crippen LogP contribution in [0.25, 0.3) is 0 Å². The highest BCUT2D eigenvalue weighted by molar-refractivity contribution is 5.77. The van der Waals surface area contributed by atoms with Crippen LogP contribution in [0.4, 0.5) is 13.2 Å². The number of carbonyl (C=O) groups is 1. The van der Waals surface area contributed by atoms with Crippen molar-refractivity contribution >= 4 is 5.91 Å². The third-order valence-corrected chi connectivity index (χ3v) is 1.87. The summed E-state index contributed by atoms with van der Waals surface area (Å²) < 4.78 is 40.4. The number of rotatable bonds is 5. The van der Waals surface area contributed by atoms with Crippen molar-refractivity contribution in [1.29, 1.82) is 0 Å². The number of hydrogen-bond acceptors (Lipinski definition) is 3. The highest BCUT2D eigenvalue weighted by Crippen LogP contribution is 2.11. The second-order valence-electron chi connectivity index (χ2n) is 3.51. The summed E-state index contributed by atoms with van der Waals surface area (Å²) in [6.45, 7) is 0.371. The molecular weight excluding hydrogens is 237 g/mol. The molecule has 1 amide bonds. The van der Waals surface area contributed by atoms with Gasteiger partial charge in [-0.3, -0.25) is 4.79 Å². The van der Waals surface area contributed by atoms with Crippen LogP contribution in [0, 0.1) is 6.92 Å². The summed E-state index contributed by atoms with van der Waals surface area (Å²) in [7, 11) is 0. The normalized spacial score (nSPS) is 11.5. The molecule has 17 heavy (non-hydrogen) atoms. The van der Waals surface area contributed by atoms with Crippen LogP contribution < -0.4 is 10.6 Å². The fourth-order valence-electron chi connectivity index (χ4n) is 1.15. The van der Waals surface area contributed by atoms with Gasteiger partial charge in [0.25, 0.3) is 0 Å². The molecule has 0 aliphatic heterocycles. The van der Waals surface area contributed by atoms with Gasteiger partial charge in [-0.1, -0.05) is 0 Å². The topological polar surface area (TPSA) is 54.3 Å². The van der Waals surface area contributed by atoms with E-state index in [1.54, 1.807) is 19.1 Å². The number of halogens is 3. The van der Waals surface area contributed by atoms with E-state index in [-0.39, 0.29) is 13.1 Å². The number of hydrogen-bond donors (Lipinski definition) is 2. The lowest BCUT2D eigenvalue weighted by molar-refractivity contribution is -0.128. The first-order valence-corrected chi connectivity index (χ1v) is 4.96. The van der Waals surface area contributed by atoms with Crippen LogP contribution >= 0.6 is 0 Å². The van der Waals surface area contributed by atoms with Crippen LogP contribution in [0.5, 0.6) is 0 Å². The minimum atomic E-state index is -4.31. The molecule has 0 radical (unpaired) electrons. The zero-order valence-corrected chi connectivity index (χ0v) is 9.23. The van der Waals surface area contributed by atoms with Gasteiger partial charge in [0.2, 0.25) is 5.91 Å². The summed E-state index contributed by atoms with van der Waals surface area (Å²) in [5, 5.41) is 4.43. The van der Waals surface area contributed by atoms with Gasteiger partial charge < -0.3 is 15.1 Å². The Kier molecular flexibility index (Phi) is 4.56. The number of alkyl halides is 3. The van der Waals surface area contributed by atoms with E-state index >= 15 is 0 Å². The minimum Gasteiger partial charge on any atom is -0.465 e. The fraction of sp³-hybridized carbons (Fsp3) is 0.500. The molecule has 0 aliphatic carbocycles. The molecule has 0 spiro atoms. The van der Waals surface area contributed by atoms with Crippen LogP contribution in [-0.4, -0.2) is 25.2 Å². The molecular formula is C10H13F3N2O2. The molecule has 1 rings (SSSR count). The summed E-state index contributed by atoms with van der Waals surface area (Å²) in [5.41, 5.74) is 0. The van der Waals surface area contributed by atoms with E-state index in [1.165, 1.54) is 0 Å². The predicted molar refractivity (Wildman–Crippen MR) is 54.2 cm³/mol. The van der Waals surface area contributed by atoms with E-state index in [9.17, 15) is 18.0 Å². The molecule has 4 nitrogen and oxygen atoms in total. The molecule has 7 heteroatoms. The molecule has 0 bridgehead atoms. The lowest BCUT2D eigenvalue weighted by atomic mass is 10.4. The van der Waals surface area contributed by atoms with Crippen molar-refractivity contribution < 1.29 is 22.4 Å². The molecule has 1 aromatic rings.